The maximum atomic E-state index is 13.8. The molecule has 11 nitrogen and oxygen atoms in total. The van der Waals surface area contributed by atoms with E-state index < -0.39 is 36.4 Å². The molecule has 1 aromatic heterocycles. The van der Waals surface area contributed by atoms with Gasteiger partial charge < -0.3 is 30.0 Å². The number of thiazole rings is 1. The number of carbonyl (C=O) groups is 2. The summed E-state index contributed by atoms with van der Waals surface area (Å²) < 4.78 is 17.0. The molecule has 5 rings (SSSR count). The fourth-order valence-electron chi connectivity index (χ4n) is 6.21. The SMILES string of the molecule is CC(C)[C@H](NN(C)Cc1cncs1)C(=O)N[C@@H](Cc1ccccc1)C[C@H](O)[C@H](Cc1ccccc1)NC(=O)O[C@H]1COC2OCCC21. The second-order valence-corrected chi connectivity index (χ2v) is 13.8. The number of nitrogens with one attached hydrogen (secondary N) is 3. The first-order valence-electron chi connectivity index (χ1n) is 16.4. The topological polar surface area (TPSA) is 134 Å². The minimum Gasteiger partial charge on any atom is -0.443 e. The van der Waals surface area contributed by atoms with Crippen molar-refractivity contribution in [3.05, 3.63) is 88.4 Å². The molecule has 4 N–H and O–H groups in total. The number of aliphatic hydroxyl groups is 1. The molecular formula is C35H47N5O6S. The van der Waals surface area contributed by atoms with E-state index in [4.69, 9.17) is 14.2 Å². The van der Waals surface area contributed by atoms with Crippen molar-refractivity contribution in [3.63, 3.8) is 0 Å². The molecule has 7 atom stereocenters. The Morgan fingerprint density at radius 3 is 2.40 bits per heavy atom. The zero-order valence-electron chi connectivity index (χ0n) is 27.3. The molecule has 2 saturated heterocycles. The maximum Gasteiger partial charge on any atom is 0.407 e. The number of aromatic nitrogens is 1. The summed E-state index contributed by atoms with van der Waals surface area (Å²) in [7, 11) is 1.91. The predicted octanol–water partition coefficient (Wildman–Crippen LogP) is 3.68. The van der Waals surface area contributed by atoms with Crippen molar-refractivity contribution in [2.45, 2.75) is 82.7 Å². The molecule has 0 radical (unpaired) electrons. The number of carbonyl (C=O) groups excluding carboxylic acids is 2. The van der Waals surface area contributed by atoms with Crippen LogP contribution in [0.3, 0.4) is 0 Å². The number of ether oxygens (including phenoxy) is 3. The van der Waals surface area contributed by atoms with Crippen LogP contribution in [0.5, 0.6) is 0 Å². The lowest BCUT2D eigenvalue weighted by molar-refractivity contribution is -0.126. The second-order valence-electron chi connectivity index (χ2n) is 12.8. The number of amides is 2. The van der Waals surface area contributed by atoms with E-state index in [9.17, 15) is 14.7 Å². The molecule has 254 valence electrons. The molecule has 2 amide bonds. The van der Waals surface area contributed by atoms with Gasteiger partial charge in [0.1, 0.15) is 12.1 Å². The third-order valence-electron chi connectivity index (χ3n) is 8.69. The van der Waals surface area contributed by atoms with E-state index in [1.54, 1.807) is 16.8 Å². The van der Waals surface area contributed by atoms with E-state index in [1.165, 1.54) is 0 Å². The lowest BCUT2D eigenvalue weighted by Gasteiger charge is -2.31. The molecule has 0 spiro atoms. The molecule has 12 heteroatoms. The van der Waals surface area contributed by atoms with E-state index in [2.05, 4.69) is 21.0 Å². The van der Waals surface area contributed by atoms with E-state index in [1.807, 2.05) is 92.8 Å². The average Bonchev–Trinajstić information content (AvgIpc) is 3.81. The minimum absolute atomic E-state index is 0.00657. The predicted molar refractivity (Wildman–Crippen MR) is 179 cm³/mol. The van der Waals surface area contributed by atoms with Crippen molar-refractivity contribution >= 4 is 23.3 Å². The number of hydrazine groups is 1. The Morgan fingerprint density at radius 1 is 1.04 bits per heavy atom. The van der Waals surface area contributed by atoms with Gasteiger partial charge in [-0.2, -0.15) is 0 Å². The Balaban J connectivity index is 1.28. The number of nitrogens with zero attached hydrogens (tertiary/aromatic N) is 2. The highest BCUT2D eigenvalue weighted by Crippen LogP contribution is 2.33. The van der Waals surface area contributed by atoms with E-state index in [0.29, 0.717) is 26.0 Å². The number of alkyl carbamates (subject to hydrolysis) is 1. The monoisotopic (exact) mass is 665 g/mol. The van der Waals surface area contributed by atoms with Crippen LogP contribution in [-0.2, 0) is 38.4 Å². The number of hydrogen-bond acceptors (Lipinski definition) is 10. The summed E-state index contributed by atoms with van der Waals surface area (Å²) in [6.45, 7) is 5.47. The van der Waals surface area contributed by atoms with Crippen LogP contribution >= 0.6 is 11.3 Å². The number of benzene rings is 2. The van der Waals surface area contributed by atoms with Crippen LogP contribution in [0.15, 0.2) is 72.4 Å². The quantitative estimate of drug-likeness (QED) is 0.169. The Bertz CT molecular complexity index is 1380. The minimum atomic E-state index is -0.987. The van der Waals surface area contributed by atoms with Gasteiger partial charge in [0.25, 0.3) is 0 Å². The van der Waals surface area contributed by atoms with Crippen molar-refractivity contribution in [1.29, 1.82) is 0 Å². The summed E-state index contributed by atoms with van der Waals surface area (Å²) in [6.07, 6.45) is 1.36. The van der Waals surface area contributed by atoms with Gasteiger partial charge in [-0.25, -0.2) is 15.2 Å². The summed E-state index contributed by atoms with van der Waals surface area (Å²) >= 11 is 1.56. The smallest absolute Gasteiger partial charge is 0.407 e. The van der Waals surface area contributed by atoms with Gasteiger partial charge >= 0.3 is 6.09 Å². The van der Waals surface area contributed by atoms with Crippen LogP contribution in [0.1, 0.15) is 42.7 Å². The molecule has 47 heavy (non-hydrogen) atoms. The van der Waals surface area contributed by atoms with Crippen LogP contribution < -0.4 is 16.1 Å². The normalized spacial score (nSPS) is 21.6. The largest absolute Gasteiger partial charge is 0.443 e. The first-order chi connectivity index (χ1) is 22.7. The Morgan fingerprint density at radius 2 is 1.74 bits per heavy atom. The molecule has 2 aromatic carbocycles. The van der Waals surface area contributed by atoms with Crippen molar-refractivity contribution in [3.8, 4) is 0 Å². The first-order valence-corrected chi connectivity index (χ1v) is 17.2. The van der Waals surface area contributed by atoms with Gasteiger partial charge in [-0.05, 0) is 42.7 Å². The van der Waals surface area contributed by atoms with Crippen molar-refractivity contribution in [1.82, 2.24) is 26.1 Å². The van der Waals surface area contributed by atoms with Crippen molar-refractivity contribution < 1.29 is 28.9 Å². The molecule has 2 aliphatic heterocycles. The van der Waals surface area contributed by atoms with Gasteiger partial charge in [0.15, 0.2) is 6.29 Å². The third-order valence-corrected chi connectivity index (χ3v) is 9.46. The lowest BCUT2D eigenvalue weighted by atomic mass is 9.93. The fraction of sp³-hybridized carbons (Fsp3) is 0.514. The summed E-state index contributed by atoms with van der Waals surface area (Å²) in [5, 5.41) is 19.8. The third kappa shape index (κ3) is 10.3. The highest BCUT2D eigenvalue weighted by molar-refractivity contribution is 7.09. The molecule has 0 saturated carbocycles. The molecular weight excluding hydrogens is 618 g/mol. The molecule has 2 unspecified atom stereocenters. The summed E-state index contributed by atoms with van der Waals surface area (Å²) in [6, 6.07) is 18.0. The summed E-state index contributed by atoms with van der Waals surface area (Å²) in [4.78, 5) is 32.3. The van der Waals surface area contributed by atoms with Crippen LogP contribution in [0.2, 0.25) is 0 Å². The van der Waals surface area contributed by atoms with Gasteiger partial charge in [-0.3, -0.25) is 9.78 Å². The summed E-state index contributed by atoms with van der Waals surface area (Å²) in [5.74, 6) is -0.161. The molecule has 2 aliphatic rings. The van der Waals surface area contributed by atoms with Gasteiger partial charge in [0.05, 0.1) is 36.8 Å². The van der Waals surface area contributed by atoms with E-state index in [0.717, 1.165) is 22.4 Å². The highest BCUT2D eigenvalue weighted by Gasteiger charge is 2.44. The molecule has 3 aromatic rings. The maximum absolute atomic E-state index is 13.8. The Kier molecular flexibility index (Phi) is 12.7. The summed E-state index contributed by atoms with van der Waals surface area (Å²) in [5.41, 5.74) is 7.13. The molecule has 3 heterocycles. The average molecular weight is 666 g/mol. The van der Waals surface area contributed by atoms with E-state index >= 15 is 0 Å². The highest BCUT2D eigenvalue weighted by atomic mass is 32.1. The zero-order chi connectivity index (χ0) is 33.2. The van der Waals surface area contributed by atoms with Crippen molar-refractivity contribution in [2.24, 2.45) is 11.8 Å². The zero-order valence-corrected chi connectivity index (χ0v) is 28.1. The number of fused-ring (bicyclic) bond motifs is 1. The number of hydrogen-bond donors (Lipinski definition) is 4. The van der Waals surface area contributed by atoms with Gasteiger partial charge in [-0.1, -0.05) is 74.5 Å². The van der Waals surface area contributed by atoms with E-state index in [-0.39, 0.29) is 37.1 Å². The van der Waals surface area contributed by atoms with Crippen LogP contribution in [0.4, 0.5) is 4.79 Å². The van der Waals surface area contributed by atoms with Gasteiger partial charge in [0.2, 0.25) is 5.91 Å². The first kappa shape index (κ1) is 34.9. The molecule has 0 bridgehead atoms. The van der Waals surface area contributed by atoms with Crippen LogP contribution in [0, 0.1) is 11.8 Å². The lowest BCUT2D eigenvalue weighted by Crippen LogP contribution is -2.56. The molecule has 0 aliphatic carbocycles. The van der Waals surface area contributed by atoms with Crippen LogP contribution in [0.25, 0.3) is 0 Å². The number of rotatable bonds is 16. The van der Waals surface area contributed by atoms with Gasteiger partial charge in [-0.15, -0.1) is 11.3 Å². The second kappa shape index (κ2) is 17.1. The Hall–Kier alpha value is -3.39. The number of aliphatic hydroxyl groups excluding tert-OH is 1. The fourth-order valence-corrected chi connectivity index (χ4v) is 6.85. The molecule has 2 fully saturated rings. The standard InChI is InChI=1S/C35H47N5O6S/c1-23(2)32(39-40(3)20-27-19-36-22-47-27)33(42)37-26(16-24-10-6-4-7-11-24)18-30(41)29(17-25-12-8-5-9-13-25)38-35(43)46-31-21-45-34-28(31)14-15-44-34/h4-13,19,22-23,26,28-32,34,39,41H,14-18,20-21H2,1-3H3,(H,37,42)(H,38,43)/t26-,28?,29-,30-,31-,32-,34?/m0/s1. The van der Waals surface area contributed by atoms with Gasteiger partial charge in [0, 0.05) is 30.7 Å². The van der Waals surface area contributed by atoms with Crippen LogP contribution in [-0.4, -0.2) is 84.0 Å². The Labute approximate surface area is 281 Å². The van der Waals surface area contributed by atoms with Crippen molar-refractivity contribution in [2.75, 3.05) is 20.3 Å².